The lowest BCUT2D eigenvalue weighted by molar-refractivity contribution is 0.305. The van der Waals surface area contributed by atoms with Gasteiger partial charge in [0.2, 0.25) is 5.95 Å². The molecule has 0 fully saturated rings. The summed E-state index contributed by atoms with van der Waals surface area (Å²) in [6, 6.07) is 15.7. The molecule has 6 heteroatoms. The molecule has 2 aromatic carbocycles. The number of nitrogen functional groups attached to an aromatic ring is 1. The highest BCUT2D eigenvalue weighted by Crippen LogP contribution is 2.19. The Labute approximate surface area is 148 Å². The fourth-order valence-corrected chi connectivity index (χ4v) is 2.59. The SMILES string of the molecule is Cc1cn(N=Cc2cccc(OCc3ccccc3Br)c2)c(N)n1. The van der Waals surface area contributed by atoms with Crippen LogP contribution >= 0.6 is 15.9 Å². The number of anilines is 1. The molecule has 3 aromatic rings. The Balaban J connectivity index is 1.70. The van der Waals surface area contributed by atoms with Gasteiger partial charge in [-0.15, -0.1) is 0 Å². The van der Waals surface area contributed by atoms with E-state index in [1.54, 1.807) is 17.1 Å². The maximum Gasteiger partial charge on any atom is 0.221 e. The zero-order valence-corrected chi connectivity index (χ0v) is 14.8. The summed E-state index contributed by atoms with van der Waals surface area (Å²) in [6.45, 7) is 2.37. The zero-order valence-electron chi connectivity index (χ0n) is 13.2. The van der Waals surface area contributed by atoms with Crippen LogP contribution in [0.1, 0.15) is 16.8 Å². The first-order valence-electron chi connectivity index (χ1n) is 7.44. The lowest BCUT2D eigenvalue weighted by atomic mass is 10.2. The molecule has 0 atom stereocenters. The molecule has 0 aliphatic rings. The Morgan fingerprint density at radius 3 is 2.83 bits per heavy atom. The van der Waals surface area contributed by atoms with Gasteiger partial charge in [-0.1, -0.05) is 46.3 Å². The lowest BCUT2D eigenvalue weighted by Crippen LogP contribution is -1.98. The molecule has 0 bridgehead atoms. The van der Waals surface area contributed by atoms with Crippen molar-refractivity contribution in [1.29, 1.82) is 0 Å². The van der Waals surface area contributed by atoms with Crippen molar-refractivity contribution in [2.75, 3.05) is 5.73 Å². The fourth-order valence-electron chi connectivity index (χ4n) is 2.19. The van der Waals surface area contributed by atoms with Gasteiger partial charge < -0.3 is 10.5 Å². The summed E-state index contributed by atoms with van der Waals surface area (Å²) >= 11 is 3.52. The van der Waals surface area contributed by atoms with Crippen molar-refractivity contribution in [2.45, 2.75) is 13.5 Å². The maximum atomic E-state index is 5.86. The minimum Gasteiger partial charge on any atom is -0.489 e. The van der Waals surface area contributed by atoms with Crippen LogP contribution in [-0.4, -0.2) is 15.9 Å². The maximum absolute atomic E-state index is 5.86. The highest BCUT2D eigenvalue weighted by Gasteiger charge is 2.01. The molecule has 0 unspecified atom stereocenters. The van der Waals surface area contributed by atoms with Gasteiger partial charge >= 0.3 is 0 Å². The van der Waals surface area contributed by atoms with Crippen LogP contribution in [0.2, 0.25) is 0 Å². The van der Waals surface area contributed by atoms with Crippen molar-refractivity contribution in [3.05, 3.63) is 76.0 Å². The van der Waals surface area contributed by atoms with Gasteiger partial charge in [0.05, 0.1) is 18.1 Å². The van der Waals surface area contributed by atoms with Gasteiger partial charge in [0.1, 0.15) is 12.4 Å². The van der Waals surface area contributed by atoms with E-state index in [0.29, 0.717) is 12.6 Å². The molecular formula is C18H17BrN4O. The molecule has 0 aliphatic heterocycles. The second-order valence-corrected chi connectivity index (χ2v) is 6.14. The molecule has 0 aliphatic carbocycles. The molecule has 0 saturated heterocycles. The Kier molecular flexibility index (Phi) is 4.96. The molecule has 122 valence electrons. The first-order valence-corrected chi connectivity index (χ1v) is 8.23. The number of ether oxygens (including phenoxy) is 1. The summed E-state index contributed by atoms with van der Waals surface area (Å²) in [5, 5.41) is 4.31. The predicted octanol–water partition coefficient (Wildman–Crippen LogP) is 4.00. The van der Waals surface area contributed by atoms with Gasteiger partial charge in [0, 0.05) is 10.0 Å². The zero-order chi connectivity index (χ0) is 16.9. The number of halogens is 1. The largest absolute Gasteiger partial charge is 0.489 e. The Morgan fingerprint density at radius 1 is 1.25 bits per heavy atom. The van der Waals surface area contributed by atoms with Gasteiger partial charge in [-0.2, -0.15) is 5.10 Å². The number of nitrogens with two attached hydrogens (primary N) is 1. The van der Waals surface area contributed by atoms with Crippen LogP contribution in [0.3, 0.4) is 0 Å². The van der Waals surface area contributed by atoms with Gasteiger partial charge in [-0.25, -0.2) is 9.66 Å². The van der Waals surface area contributed by atoms with E-state index >= 15 is 0 Å². The third-order valence-electron chi connectivity index (χ3n) is 3.38. The van der Waals surface area contributed by atoms with Crippen LogP contribution in [0, 0.1) is 6.92 Å². The van der Waals surface area contributed by atoms with Crippen molar-refractivity contribution in [3.63, 3.8) is 0 Å². The smallest absolute Gasteiger partial charge is 0.221 e. The Hall–Kier alpha value is -2.60. The molecule has 2 N–H and O–H groups in total. The van der Waals surface area contributed by atoms with E-state index in [-0.39, 0.29) is 0 Å². The van der Waals surface area contributed by atoms with Crippen LogP contribution in [0.5, 0.6) is 5.75 Å². The molecule has 0 saturated carbocycles. The monoisotopic (exact) mass is 384 g/mol. The Morgan fingerprint density at radius 2 is 2.08 bits per heavy atom. The van der Waals surface area contributed by atoms with Crippen LogP contribution < -0.4 is 10.5 Å². The number of hydrogen-bond donors (Lipinski definition) is 1. The number of nitrogens with zero attached hydrogens (tertiary/aromatic N) is 3. The van der Waals surface area contributed by atoms with E-state index in [2.05, 4.69) is 26.0 Å². The lowest BCUT2D eigenvalue weighted by Gasteiger charge is -2.08. The predicted molar refractivity (Wildman–Crippen MR) is 99.3 cm³/mol. The summed E-state index contributed by atoms with van der Waals surface area (Å²) in [5.74, 6) is 1.15. The van der Waals surface area contributed by atoms with E-state index in [4.69, 9.17) is 10.5 Å². The molecular weight excluding hydrogens is 368 g/mol. The minimum atomic E-state index is 0.366. The topological polar surface area (TPSA) is 65.4 Å². The molecule has 1 aromatic heterocycles. The van der Waals surface area contributed by atoms with E-state index < -0.39 is 0 Å². The van der Waals surface area contributed by atoms with E-state index in [1.165, 1.54) is 0 Å². The van der Waals surface area contributed by atoms with Gasteiger partial charge in [-0.05, 0) is 30.7 Å². The van der Waals surface area contributed by atoms with Crippen LogP contribution in [0.4, 0.5) is 5.95 Å². The standard InChI is InChI=1S/C18H17BrN4O/c1-13-11-23(18(20)22-13)21-10-14-5-4-7-16(9-14)24-12-15-6-2-3-8-17(15)19/h2-11H,12H2,1H3,(H2,20,22). The van der Waals surface area contributed by atoms with E-state index in [0.717, 1.165) is 27.0 Å². The summed E-state index contributed by atoms with van der Waals surface area (Å²) < 4.78 is 8.44. The number of hydrogen-bond acceptors (Lipinski definition) is 4. The molecule has 0 radical (unpaired) electrons. The summed E-state index contributed by atoms with van der Waals surface area (Å²) in [6.07, 6.45) is 3.50. The van der Waals surface area contributed by atoms with E-state index in [1.807, 2.05) is 55.5 Å². The summed E-state index contributed by atoms with van der Waals surface area (Å²) in [7, 11) is 0. The fraction of sp³-hybridized carbons (Fsp3) is 0.111. The second kappa shape index (κ2) is 7.31. The molecule has 24 heavy (non-hydrogen) atoms. The van der Waals surface area contributed by atoms with Crippen molar-refractivity contribution < 1.29 is 4.74 Å². The third-order valence-corrected chi connectivity index (χ3v) is 4.15. The van der Waals surface area contributed by atoms with Crippen LogP contribution in [0.25, 0.3) is 0 Å². The van der Waals surface area contributed by atoms with Crippen molar-refractivity contribution in [3.8, 4) is 5.75 Å². The third kappa shape index (κ3) is 4.02. The average molecular weight is 385 g/mol. The Bertz CT molecular complexity index is 873. The first kappa shape index (κ1) is 16.3. The highest BCUT2D eigenvalue weighted by atomic mass is 79.9. The number of rotatable bonds is 5. The van der Waals surface area contributed by atoms with Crippen molar-refractivity contribution >= 4 is 28.1 Å². The first-order chi connectivity index (χ1) is 11.6. The molecule has 3 rings (SSSR count). The van der Waals surface area contributed by atoms with Gasteiger partial charge in [-0.3, -0.25) is 0 Å². The van der Waals surface area contributed by atoms with E-state index in [9.17, 15) is 0 Å². The normalized spacial score (nSPS) is 11.1. The molecule has 0 amide bonds. The number of aromatic nitrogens is 2. The second-order valence-electron chi connectivity index (χ2n) is 5.28. The summed E-state index contributed by atoms with van der Waals surface area (Å²) in [4.78, 5) is 4.11. The highest BCUT2D eigenvalue weighted by molar-refractivity contribution is 9.10. The average Bonchev–Trinajstić information content (AvgIpc) is 2.90. The number of benzene rings is 2. The molecule has 1 heterocycles. The van der Waals surface area contributed by atoms with Gasteiger partial charge in [0.25, 0.3) is 0 Å². The minimum absolute atomic E-state index is 0.366. The summed E-state index contributed by atoms with van der Waals surface area (Å²) in [5.41, 5.74) is 8.62. The quantitative estimate of drug-likeness (QED) is 0.676. The van der Waals surface area contributed by atoms with Crippen molar-refractivity contribution in [2.24, 2.45) is 5.10 Å². The molecule has 5 nitrogen and oxygen atoms in total. The number of imidazole rings is 1. The van der Waals surface area contributed by atoms with Crippen molar-refractivity contribution in [1.82, 2.24) is 9.66 Å². The molecule has 0 spiro atoms. The van der Waals surface area contributed by atoms with Crippen LogP contribution in [0.15, 0.2) is 64.3 Å². The number of aryl methyl sites for hydroxylation is 1. The van der Waals surface area contributed by atoms with Gasteiger partial charge in [0.15, 0.2) is 0 Å². The van der Waals surface area contributed by atoms with Crippen LogP contribution in [-0.2, 0) is 6.61 Å².